The number of nitrogens with zero attached hydrogens (tertiary/aromatic N) is 2. The average Bonchev–Trinajstić information content (AvgIpc) is 3.21. The molecule has 1 heterocycles. The largest absolute Gasteiger partial charge is 0.487 e. The number of nitrogens with one attached hydrogen (secondary N) is 2. The minimum absolute atomic E-state index is 0.200. The molecule has 0 saturated carbocycles. The molecule has 3 rings (SSSR count). The first-order valence-corrected chi connectivity index (χ1v) is 11.3. The highest BCUT2D eigenvalue weighted by molar-refractivity contribution is 6.32. The number of anilines is 1. The number of rotatable bonds is 9. The number of hydrogen-bond donors (Lipinski definition) is 2. The second-order valence-corrected chi connectivity index (χ2v) is 8.63. The standard InChI is InChI=1S/C25H29ClN4O3/c1-5-30-14-21(23(29-30)25(32)27-13-16(2)3)28-24(31)19-9-7-18(8-10-19)15-33-22-12-17(4)6-11-20(22)26/h6-12,14,16H,5,13,15H2,1-4H3,(H,27,32)(H,28,31). The molecule has 2 aromatic carbocycles. The van der Waals surface area contributed by atoms with Gasteiger partial charge in [-0.05, 0) is 55.2 Å². The second-order valence-electron chi connectivity index (χ2n) is 8.22. The lowest BCUT2D eigenvalue weighted by atomic mass is 10.1. The Morgan fingerprint density at radius 3 is 2.52 bits per heavy atom. The first-order chi connectivity index (χ1) is 15.8. The van der Waals surface area contributed by atoms with E-state index < -0.39 is 0 Å². The monoisotopic (exact) mass is 468 g/mol. The molecule has 174 valence electrons. The van der Waals surface area contributed by atoms with Crippen LogP contribution in [0.4, 0.5) is 5.69 Å². The van der Waals surface area contributed by atoms with E-state index in [4.69, 9.17) is 16.3 Å². The van der Waals surface area contributed by atoms with Gasteiger partial charge < -0.3 is 15.4 Å². The topological polar surface area (TPSA) is 85.2 Å². The number of amides is 2. The molecule has 1 aromatic heterocycles. The van der Waals surface area contributed by atoms with Crippen LogP contribution in [0.1, 0.15) is 52.7 Å². The molecule has 0 saturated heterocycles. The number of carbonyl (C=O) groups excluding carboxylic acids is 2. The summed E-state index contributed by atoms with van der Waals surface area (Å²) in [4.78, 5) is 25.3. The van der Waals surface area contributed by atoms with Crippen LogP contribution in [-0.4, -0.2) is 28.1 Å². The van der Waals surface area contributed by atoms with Crippen molar-refractivity contribution in [1.29, 1.82) is 0 Å². The van der Waals surface area contributed by atoms with Crippen LogP contribution in [0.2, 0.25) is 5.02 Å². The second kappa shape index (κ2) is 11.0. The van der Waals surface area contributed by atoms with E-state index in [0.717, 1.165) is 11.1 Å². The molecule has 0 fully saturated rings. The van der Waals surface area contributed by atoms with E-state index in [-0.39, 0.29) is 17.5 Å². The zero-order chi connectivity index (χ0) is 24.0. The van der Waals surface area contributed by atoms with Gasteiger partial charge in [-0.2, -0.15) is 5.10 Å². The van der Waals surface area contributed by atoms with Crippen molar-refractivity contribution in [1.82, 2.24) is 15.1 Å². The fraction of sp³-hybridized carbons (Fsp3) is 0.320. The average molecular weight is 469 g/mol. The number of ether oxygens (including phenoxy) is 1. The van der Waals surface area contributed by atoms with Gasteiger partial charge >= 0.3 is 0 Å². The zero-order valence-corrected chi connectivity index (χ0v) is 20.1. The minimum atomic E-state index is -0.322. The smallest absolute Gasteiger partial charge is 0.273 e. The molecule has 8 heteroatoms. The molecular weight excluding hydrogens is 440 g/mol. The quantitative estimate of drug-likeness (QED) is 0.458. The van der Waals surface area contributed by atoms with Gasteiger partial charge in [0.05, 0.1) is 10.7 Å². The lowest BCUT2D eigenvalue weighted by molar-refractivity contribution is 0.0944. The molecule has 0 aliphatic carbocycles. The van der Waals surface area contributed by atoms with Gasteiger partial charge in [-0.25, -0.2) is 0 Å². The summed E-state index contributed by atoms with van der Waals surface area (Å²) in [5, 5.41) is 10.5. The SMILES string of the molecule is CCn1cc(NC(=O)c2ccc(COc3cc(C)ccc3Cl)cc2)c(C(=O)NCC(C)C)n1. The fourth-order valence-corrected chi connectivity index (χ4v) is 3.22. The van der Waals surface area contributed by atoms with Crippen molar-refractivity contribution in [2.24, 2.45) is 5.92 Å². The van der Waals surface area contributed by atoms with Crippen molar-refractivity contribution in [3.63, 3.8) is 0 Å². The zero-order valence-electron chi connectivity index (χ0n) is 19.3. The molecule has 0 bridgehead atoms. The Bertz CT molecular complexity index is 1120. The Hall–Kier alpha value is -3.32. The summed E-state index contributed by atoms with van der Waals surface area (Å²) in [5.74, 6) is 0.297. The van der Waals surface area contributed by atoms with Crippen molar-refractivity contribution in [3.05, 3.63) is 76.1 Å². The van der Waals surface area contributed by atoms with E-state index in [1.807, 2.05) is 52.0 Å². The van der Waals surface area contributed by atoms with Crippen LogP contribution in [0.25, 0.3) is 0 Å². The number of aromatic nitrogens is 2. The van der Waals surface area contributed by atoms with Gasteiger partial charge in [0.1, 0.15) is 12.4 Å². The van der Waals surface area contributed by atoms with Crippen LogP contribution in [0, 0.1) is 12.8 Å². The van der Waals surface area contributed by atoms with Gasteiger partial charge in [0, 0.05) is 24.8 Å². The maximum Gasteiger partial charge on any atom is 0.273 e. The Morgan fingerprint density at radius 2 is 1.85 bits per heavy atom. The third-order valence-corrected chi connectivity index (χ3v) is 5.23. The highest BCUT2D eigenvalue weighted by atomic mass is 35.5. The molecule has 0 unspecified atom stereocenters. The first kappa shape index (κ1) is 24.3. The molecular formula is C25H29ClN4O3. The predicted octanol–water partition coefficient (Wildman–Crippen LogP) is 5.08. The third-order valence-electron chi connectivity index (χ3n) is 4.92. The number of carbonyl (C=O) groups is 2. The fourth-order valence-electron chi connectivity index (χ4n) is 3.05. The van der Waals surface area contributed by atoms with Crippen LogP contribution in [0.15, 0.2) is 48.7 Å². The van der Waals surface area contributed by atoms with Crippen LogP contribution < -0.4 is 15.4 Å². The summed E-state index contributed by atoms with van der Waals surface area (Å²) < 4.78 is 7.43. The van der Waals surface area contributed by atoms with E-state index in [0.29, 0.717) is 47.6 Å². The summed E-state index contributed by atoms with van der Waals surface area (Å²) in [6, 6.07) is 12.7. The molecule has 3 aromatic rings. The van der Waals surface area contributed by atoms with Crippen molar-refractivity contribution in [2.75, 3.05) is 11.9 Å². The number of aryl methyl sites for hydroxylation is 2. The van der Waals surface area contributed by atoms with Gasteiger partial charge in [-0.1, -0.05) is 43.6 Å². The minimum Gasteiger partial charge on any atom is -0.487 e. The Morgan fingerprint density at radius 1 is 1.12 bits per heavy atom. The van der Waals surface area contributed by atoms with Crippen molar-refractivity contribution in [3.8, 4) is 5.75 Å². The number of hydrogen-bond acceptors (Lipinski definition) is 4. The molecule has 0 spiro atoms. The molecule has 0 aliphatic rings. The van der Waals surface area contributed by atoms with E-state index in [1.54, 1.807) is 29.1 Å². The van der Waals surface area contributed by atoms with E-state index in [1.165, 1.54) is 0 Å². The van der Waals surface area contributed by atoms with Crippen molar-refractivity contribution >= 4 is 29.1 Å². The predicted molar refractivity (Wildman–Crippen MR) is 130 cm³/mol. The van der Waals surface area contributed by atoms with Gasteiger partial charge in [0.2, 0.25) is 0 Å². The van der Waals surface area contributed by atoms with Crippen LogP contribution in [0.3, 0.4) is 0 Å². The molecule has 33 heavy (non-hydrogen) atoms. The maximum absolute atomic E-state index is 12.8. The van der Waals surface area contributed by atoms with Gasteiger partial charge in [-0.3, -0.25) is 14.3 Å². The van der Waals surface area contributed by atoms with Gasteiger partial charge in [0.25, 0.3) is 11.8 Å². The summed E-state index contributed by atoms with van der Waals surface area (Å²) in [7, 11) is 0. The highest BCUT2D eigenvalue weighted by Gasteiger charge is 2.19. The Balaban J connectivity index is 1.66. The Labute approximate surface area is 199 Å². The molecule has 7 nitrogen and oxygen atoms in total. The van der Waals surface area contributed by atoms with Crippen molar-refractivity contribution in [2.45, 2.75) is 40.8 Å². The van der Waals surface area contributed by atoms with E-state index >= 15 is 0 Å². The summed E-state index contributed by atoms with van der Waals surface area (Å²) in [5.41, 5.74) is 3.00. The third kappa shape index (κ3) is 6.58. The lowest BCUT2D eigenvalue weighted by Gasteiger charge is -2.10. The normalized spacial score (nSPS) is 10.8. The number of benzene rings is 2. The maximum atomic E-state index is 12.8. The molecule has 0 aliphatic heterocycles. The number of halogens is 1. The van der Waals surface area contributed by atoms with E-state index in [9.17, 15) is 9.59 Å². The molecule has 2 amide bonds. The highest BCUT2D eigenvalue weighted by Crippen LogP contribution is 2.26. The van der Waals surface area contributed by atoms with Gasteiger partial charge in [0.15, 0.2) is 5.69 Å². The summed E-state index contributed by atoms with van der Waals surface area (Å²) >= 11 is 6.18. The van der Waals surface area contributed by atoms with Gasteiger partial charge in [-0.15, -0.1) is 0 Å². The Kier molecular flexibility index (Phi) is 8.11. The van der Waals surface area contributed by atoms with Crippen LogP contribution >= 0.6 is 11.6 Å². The van der Waals surface area contributed by atoms with Crippen molar-refractivity contribution < 1.29 is 14.3 Å². The summed E-state index contributed by atoms with van der Waals surface area (Å²) in [6.45, 7) is 9.35. The first-order valence-electron chi connectivity index (χ1n) is 10.9. The van der Waals surface area contributed by atoms with Crippen LogP contribution in [0.5, 0.6) is 5.75 Å². The van der Waals surface area contributed by atoms with E-state index in [2.05, 4.69) is 15.7 Å². The molecule has 2 N–H and O–H groups in total. The summed E-state index contributed by atoms with van der Waals surface area (Å²) in [6.07, 6.45) is 1.66. The van der Waals surface area contributed by atoms with Crippen LogP contribution in [-0.2, 0) is 13.2 Å². The molecule has 0 radical (unpaired) electrons. The lowest BCUT2D eigenvalue weighted by Crippen LogP contribution is -2.28. The molecule has 0 atom stereocenters.